The zero-order valence-electron chi connectivity index (χ0n) is 12.3. The SMILES string of the molecule is CC[C@H](C)OC(=O)CCCCSc1ncnc2nc[nH]c12. The van der Waals surface area contributed by atoms with E-state index in [1.165, 1.54) is 6.33 Å². The van der Waals surface area contributed by atoms with Gasteiger partial charge >= 0.3 is 5.97 Å². The predicted molar refractivity (Wildman–Crippen MR) is 82.1 cm³/mol. The Morgan fingerprint density at radius 2 is 2.24 bits per heavy atom. The second kappa shape index (κ2) is 7.97. The zero-order valence-corrected chi connectivity index (χ0v) is 13.2. The molecule has 1 N–H and O–H groups in total. The van der Waals surface area contributed by atoms with Crippen LogP contribution < -0.4 is 0 Å². The number of rotatable bonds is 8. The van der Waals surface area contributed by atoms with Crippen molar-refractivity contribution in [3.63, 3.8) is 0 Å². The number of aromatic amines is 1. The van der Waals surface area contributed by atoms with Crippen LogP contribution in [-0.2, 0) is 9.53 Å². The van der Waals surface area contributed by atoms with Gasteiger partial charge in [-0.2, -0.15) is 0 Å². The summed E-state index contributed by atoms with van der Waals surface area (Å²) in [5.74, 6) is 0.800. The summed E-state index contributed by atoms with van der Waals surface area (Å²) in [6.45, 7) is 3.92. The van der Waals surface area contributed by atoms with Gasteiger partial charge in [0, 0.05) is 6.42 Å². The first-order valence-electron chi connectivity index (χ1n) is 7.17. The Morgan fingerprint density at radius 3 is 3.05 bits per heavy atom. The molecule has 0 spiro atoms. The van der Waals surface area contributed by atoms with Gasteiger partial charge in [-0.05, 0) is 31.9 Å². The quantitative estimate of drug-likeness (QED) is 0.349. The Morgan fingerprint density at radius 1 is 1.38 bits per heavy atom. The number of ether oxygens (including phenoxy) is 1. The third-order valence-corrected chi connectivity index (χ3v) is 4.19. The number of esters is 1. The average molecular weight is 308 g/mol. The van der Waals surface area contributed by atoms with E-state index < -0.39 is 0 Å². The molecule has 2 aromatic rings. The number of unbranched alkanes of at least 4 members (excludes halogenated alkanes) is 1. The molecule has 0 aliphatic carbocycles. The fraction of sp³-hybridized carbons (Fsp3) is 0.571. The number of hydrogen-bond donors (Lipinski definition) is 1. The number of nitrogens with one attached hydrogen (secondary N) is 1. The first-order chi connectivity index (χ1) is 10.2. The lowest BCUT2D eigenvalue weighted by atomic mass is 10.2. The monoisotopic (exact) mass is 308 g/mol. The van der Waals surface area contributed by atoms with E-state index in [4.69, 9.17) is 4.74 Å². The van der Waals surface area contributed by atoms with E-state index in [9.17, 15) is 4.79 Å². The van der Waals surface area contributed by atoms with Crippen molar-refractivity contribution < 1.29 is 9.53 Å². The average Bonchev–Trinajstić information content (AvgIpc) is 2.96. The van der Waals surface area contributed by atoms with Gasteiger partial charge in [0.05, 0.1) is 12.4 Å². The second-order valence-corrected chi connectivity index (χ2v) is 5.88. The number of H-pyrrole nitrogens is 1. The fourth-order valence-corrected chi connectivity index (χ4v) is 2.72. The van der Waals surface area contributed by atoms with Gasteiger partial charge < -0.3 is 9.72 Å². The Bertz CT molecular complexity index is 587. The molecule has 2 aromatic heterocycles. The maximum absolute atomic E-state index is 11.5. The lowest BCUT2D eigenvalue weighted by molar-refractivity contribution is -0.148. The molecular weight excluding hydrogens is 288 g/mol. The molecular formula is C14H20N4O2S. The molecule has 0 bridgehead atoms. The van der Waals surface area contributed by atoms with Crippen molar-refractivity contribution in [2.45, 2.75) is 50.7 Å². The molecule has 0 saturated carbocycles. The minimum Gasteiger partial charge on any atom is -0.463 e. The minimum atomic E-state index is -0.104. The lowest BCUT2D eigenvalue weighted by Crippen LogP contribution is -2.13. The molecule has 0 aromatic carbocycles. The van der Waals surface area contributed by atoms with E-state index in [2.05, 4.69) is 19.9 Å². The molecule has 21 heavy (non-hydrogen) atoms. The number of hydrogen-bond acceptors (Lipinski definition) is 6. The van der Waals surface area contributed by atoms with Gasteiger partial charge in [-0.3, -0.25) is 4.79 Å². The molecule has 0 aliphatic rings. The highest BCUT2D eigenvalue weighted by Gasteiger charge is 2.08. The third-order valence-electron chi connectivity index (χ3n) is 3.11. The highest BCUT2D eigenvalue weighted by Crippen LogP contribution is 2.22. The lowest BCUT2D eigenvalue weighted by Gasteiger charge is -2.10. The summed E-state index contributed by atoms with van der Waals surface area (Å²) in [7, 11) is 0. The molecule has 1 atom stereocenters. The zero-order chi connectivity index (χ0) is 15.1. The normalized spacial score (nSPS) is 12.5. The van der Waals surface area contributed by atoms with Gasteiger partial charge in [0.1, 0.15) is 16.9 Å². The van der Waals surface area contributed by atoms with Crippen LogP contribution in [0.2, 0.25) is 0 Å². The van der Waals surface area contributed by atoms with Gasteiger partial charge in [-0.15, -0.1) is 11.8 Å². The molecule has 0 radical (unpaired) electrons. The summed E-state index contributed by atoms with van der Waals surface area (Å²) in [6.07, 6.45) is 6.27. The van der Waals surface area contributed by atoms with Gasteiger partial charge in [-0.1, -0.05) is 6.92 Å². The second-order valence-electron chi connectivity index (χ2n) is 4.79. The van der Waals surface area contributed by atoms with Gasteiger partial charge in [0.25, 0.3) is 0 Å². The standard InChI is InChI=1S/C14H20N4O2S/c1-3-10(2)20-11(19)6-4-5-7-21-14-12-13(16-8-15-12)17-9-18-14/h8-10H,3-7H2,1-2H3,(H,15,16,17,18)/t10-/m0/s1. The summed E-state index contributed by atoms with van der Waals surface area (Å²) in [4.78, 5) is 27.0. The number of thioether (sulfide) groups is 1. The van der Waals surface area contributed by atoms with Crippen molar-refractivity contribution in [1.82, 2.24) is 19.9 Å². The summed E-state index contributed by atoms with van der Waals surface area (Å²) in [5, 5.41) is 0.902. The molecule has 0 aliphatic heterocycles. The van der Waals surface area contributed by atoms with E-state index in [0.717, 1.165) is 35.6 Å². The van der Waals surface area contributed by atoms with Crippen LogP contribution in [0.25, 0.3) is 11.2 Å². The van der Waals surface area contributed by atoms with Crippen LogP contribution in [0.15, 0.2) is 17.7 Å². The summed E-state index contributed by atoms with van der Waals surface area (Å²) in [6, 6.07) is 0. The van der Waals surface area contributed by atoms with Crippen LogP contribution >= 0.6 is 11.8 Å². The molecule has 0 amide bonds. The van der Waals surface area contributed by atoms with Crippen molar-refractivity contribution in [2.75, 3.05) is 5.75 Å². The Balaban J connectivity index is 1.68. The van der Waals surface area contributed by atoms with Crippen LogP contribution in [0, 0.1) is 0 Å². The molecule has 0 unspecified atom stereocenters. The van der Waals surface area contributed by atoms with Crippen LogP contribution in [0.5, 0.6) is 0 Å². The van der Waals surface area contributed by atoms with Crippen molar-refractivity contribution in [3.8, 4) is 0 Å². The maximum atomic E-state index is 11.5. The predicted octanol–water partition coefficient (Wildman–Crippen LogP) is 2.96. The van der Waals surface area contributed by atoms with E-state index in [1.54, 1.807) is 18.1 Å². The molecule has 2 heterocycles. The van der Waals surface area contributed by atoms with Gasteiger partial charge in [0.15, 0.2) is 5.65 Å². The summed E-state index contributed by atoms with van der Waals surface area (Å²) >= 11 is 1.65. The Hall–Kier alpha value is -1.63. The van der Waals surface area contributed by atoms with Gasteiger partial charge in [0.2, 0.25) is 0 Å². The fourth-order valence-electron chi connectivity index (χ4n) is 1.76. The van der Waals surface area contributed by atoms with Crippen LogP contribution in [-0.4, -0.2) is 37.8 Å². The number of carbonyl (C=O) groups excluding carboxylic acids is 1. The minimum absolute atomic E-state index is 0.0153. The van der Waals surface area contributed by atoms with Crippen molar-refractivity contribution in [2.24, 2.45) is 0 Å². The molecule has 2 rings (SSSR count). The number of aromatic nitrogens is 4. The molecule has 6 nitrogen and oxygen atoms in total. The molecule has 114 valence electrons. The van der Waals surface area contributed by atoms with Crippen LogP contribution in [0.3, 0.4) is 0 Å². The number of imidazole rings is 1. The van der Waals surface area contributed by atoms with Crippen molar-refractivity contribution in [3.05, 3.63) is 12.7 Å². The topological polar surface area (TPSA) is 80.8 Å². The first kappa shape index (κ1) is 15.8. The van der Waals surface area contributed by atoms with Crippen molar-refractivity contribution in [1.29, 1.82) is 0 Å². The highest BCUT2D eigenvalue weighted by molar-refractivity contribution is 7.99. The number of fused-ring (bicyclic) bond motifs is 1. The molecule has 0 saturated heterocycles. The van der Waals surface area contributed by atoms with Crippen LogP contribution in [0.1, 0.15) is 39.5 Å². The smallest absolute Gasteiger partial charge is 0.306 e. The number of nitrogens with zero attached hydrogens (tertiary/aromatic N) is 3. The largest absolute Gasteiger partial charge is 0.463 e. The molecule has 0 fully saturated rings. The van der Waals surface area contributed by atoms with E-state index in [0.29, 0.717) is 12.1 Å². The summed E-state index contributed by atoms with van der Waals surface area (Å²) < 4.78 is 5.23. The third kappa shape index (κ3) is 4.70. The maximum Gasteiger partial charge on any atom is 0.306 e. The Labute approximate surface area is 128 Å². The van der Waals surface area contributed by atoms with E-state index >= 15 is 0 Å². The van der Waals surface area contributed by atoms with Crippen LogP contribution in [0.4, 0.5) is 0 Å². The number of carbonyl (C=O) groups is 1. The summed E-state index contributed by atoms with van der Waals surface area (Å²) in [5.41, 5.74) is 1.56. The highest BCUT2D eigenvalue weighted by atomic mass is 32.2. The van der Waals surface area contributed by atoms with Crippen molar-refractivity contribution >= 4 is 28.9 Å². The van der Waals surface area contributed by atoms with Gasteiger partial charge in [-0.25, -0.2) is 15.0 Å². The Kier molecular flexibility index (Phi) is 5.98. The first-order valence-corrected chi connectivity index (χ1v) is 8.15. The van der Waals surface area contributed by atoms with E-state index in [-0.39, 0.29) is 12.1 Å². The molecule has 7 heteroatoms. The van der Waals surface area contributed by atoms with E-state index in [1.807, 2.05) is 13.8 Å².